The lowest BCUT2D eigenvalue weighted by Gasteiger charge is -2.33. The number of aryl methyl sites for hydroxylation is 1. The highest BCUT2D eigenvalue weighted by Gasteiger charge is 2.25. The molecule has 1 aliphatic carbocycles. The van der Waals surface area contributed by atoms with E-state index >= 15 is 0 Å². The molecule has 0 atom stereocenters. The number of fused-ring (bicyclic) bond motifs is 2. The summed E-state index contributed by atoms with van der Waals surface area (Å²) in [6, 6.07) is 16.2. The molecule has 0 N–H and O–H groups in total. The van der Waals surface area contributed by atoms with Gasteiger partial charge < -0.3 is 9.47 Å². The van der Waals surface area contributed by atoms with Crippen molar-refractivity contribution in [1.29, 1.82) is 0 Å². The van der Waals surface area contributed by atoms with Crippen LogP contribution in [0.4, 0.5) is 0 Å². The van der Waals surface area contributed by atoms with Crippen molar-refractivity contribution in [3.05, 3.63) is 64.7 Å². The largest absolute Gasteiger partial charge is 0.492 e. The zero-order valence-electron chi connectivity index (χ0n) is 15.8. The van der Waals surface area contributed by atoms with Gasteiger partial charge in [-0.15, -0.1) is 0 Å². The van der Waals surface area contributed by atoms with Crippen LogP contribution in [0.3, 0.4) is 0 Å². The van der Waals surface area contributed by atoms with Crippen LogP contribution in [0.25, 0.3) is 11.6 Å². The van der Waals surface area contributed by atoms with Gasteiger partial charge >= 0.3 is 0 Å². The Morgan fingerprint density at radius 3 is 2.70 bits per heavy atom. The molecule has 2 aliphatic heterocycles. The van der Waals surface area contributed by atoms with Crippen LogP contribution in [0.1, 0.15) is 41.5 Å². The van der Waals surface area contributed by atoms with Crippen LogP contribution in [-0.4, -0.2) is 37.3 Å². The van der Waals surface area contributed by atoms with Crippen molar-refractivity contribution < 1.29 is 9.47 Å². The van der Waals surface area contributed by atoms with E-state index in [1.165, 1.54) is 27.8 Å². The maximum absolute atomic E-state index is 6.08. The van der Waals surface area contributed by atoms with Gasteiger partial charge in [-0.05, 0) is 60.1 Å². The van der Waals surface area contributed by atoms with E-state index in [-0.39, 0.29) is 0 Å². The molecule has 0 amide bonds. The normalized spacial score (nSPS) is 20.8. The Balaban J connectivity index is 1.42. The van der Waals surface area contributed by atoms with Crippen LogP contribution < -0.4 is 4.74 Å². The molecule has 0 bridgehead atoms. The Morgan fingerprint density at radius 2 is 1.78 bits per heavy atom. The van der Waals surface area contributed by atoms with Gasteiger partial charge in [-0.1, -0.05) is 36.4 Å². The Bertz CT molecular complexity index is 851. The standard InChI is InChI=1S/C24H27NO2/c1-2-4-19-15-20(6-5-18(19)3-1)21-7-8-24-22(16-21)17-25(11-14-27-24)23-9-12-26-13-10-23/h1-4,7-8,15-16,23H,5-6,9-14,17H2. The quantitative estimate of drug-likeness (QED) is 0.783. The maximum Gasteiger partial charge on any atom is 0.123 e. The monoisotopic (exact) mass is 361 g/mol. The molecule has 2 aromatic carbocycles. The Kier molecular flexibility index (Phi) is 4.73. The molecule has 2 heterocycles. The minimum absolute atomic E-state index is 0.623. The van der Waals surface area contributed by atoms with Gasteiger partial charge in [-0.3, -0.25) is 4.90 Å². The van der Waals surface area contributed by atoms with Crippen molar-refractivity contribution in [2.45, 2.75) is 38.3 Å². The van der Waals surface area contributed by atoms with E-state index in [0.717, 1.165) is 64.3 Å². The predicted octanol–water partition coefficient (Wildman–Crippen LogP) is 4.55. The summed E-state index contributed by atoms with van der Waals surface area (Å²) >= 11 is 0. The Hall–Kier alpha value is -2.10. The molecule has 3 aliphatic rings. The molecular weight excluding hydrogens is 334 g/mol. The van der Waals surface area contributed by atoms with Crippen molar-refractivity contribution >= 4 is 11.6 Å². The van der Waals surface area contributed by atoms with Crippen LogP contribution in [0.2, 0.25) is 0 Å². The van der Waals surface area contributed by atoms with Gasteiger partial charge in [0.1, 0.15) is 12.4 Å². The smallest absolute Gasteiger partial charge is 0.123 e. The number of hydrogen-bond donors (Lipinski definition) is 0. The molecule has 5 rings (SSSR count). The summed E-state index contributed by atoms with van der Waals surface area (Å²) in [5, 5.41) is 0. The molecular formula is C24H27NO2. The first kappa shape index (κ1) is 17.0. The van der Waals surface area contributed by atoms with Crippen LogP contribution in [0.15, 0.2) is 42.5 Å². The van der Waals surface area contributed by atoms with Gasteiger partial charge in [-0.25, -0.2) is 0 Å². The van der Waals surface area contributed by atoms with E-state index in [0.29, 0.717) is 6.04 Å². The van der Waals surface area contributed by atoms with Crippen molar-refractivity contribution in [3.63, 3.8) is 0 Å². The number of ether oxygens (including phenoxy) is 2. The van der Waals surface area contributed by atoms with Crippen molar-refractivity contribution in [1.82, 2.24) is 4.90 Å². The van der Waals surface area contributed by atoms with Crippen LogP contribution in [0.5, 0.6) is 5.75 Å². The van der Waals surface area contributed by atoms with E-state index in [9.17, 15) is 0 Å². The first-order valence-corrected chi connectivity index (χ1v) is 10.2. The molecule has 0 saturated carbocycles. The summed E-state index contributed by atoms with van der Waals surface area (Å²) in [5.41, 5.74) is 6.95. The van der Waals surface area contributed by atoms with Crippen LogP contribution >= 0.6 is 0 Å². The third-order valence-corrected chi connectivity index (χ3v) is 6.20. The lowest BCUT2D eigenvalue weighted by atomic mass is 9.88. The average Bonchev–Trinajstić information content (AvgIpc) is 2.96. The molecule has 1 fully saturated rings. The second-order valence-electron chi connectivity index (χ2n) is 7.85. The average molecular weight is 361 g/mol. The predicted molar refractivity (Wildman–Crippen MR) is 109 cm³/mol. The van der Waals surface area contributed by atoms with Gasteiger partial charge in [0.2, 0.25) is 0 Å². The highest BCUT2D eigenvalue weighted by Crippen LogP contribution is 2.34. The number of allylic oxidation sites excluding steroid dienone is 1. The summed E-state index contributed by atoms with van der Waals surface area (Å²) in [4.78, 5) is 2.60. The molecule has 0 spiro atoms. The van der Waals surface area contributed by atoms with Gasteiger partial charge in [0, 0.05) is 37.9 Å². The van der Waals surface area contributed by atoms with E-state index in [2.05, 4.69) is 53.4 Å². The highest BCUT2D eigenvalue weighted by molar-refractivity contribution is 5.84. The first-order valence-electron chi connectivity index (χ1n) is 10.2. The molecule has 0 unspecified atom stereocenters. The van der Waals surface area contributed by atoms with Crippen molar-refractivity contribution in [2.24, 2.45) is 0 Å². The van der Waals surface area contributed by atoms with E-state index in [1.54, 1.807) is 0 Å². The zero-order valence-corrected chi connectivity index (χ0v) is 15.8. The van der Waals surface area contributed by atoms with Crippen molar-refractivity contribution in [3.8, 4) is 5.75 Å². The third-order valence-electron chi connectivity index (χ3n) is 6.20. The minimum atomic E-state index is 0.623. The van der Waals surface area contributed by atoms with Gasteiger partial charge in [0.25, 0.3) is 0 Å². The highest BCUT2D eigenvalue weighted by atomic mass is 16.5. The number of nitrogens with zero attached hydrogens (tertiary/aromatic N) is 1. The summed E-state index contributed by atoms with van der Waals surface area (Å²) in [7, 11) is 0. The molecule has 140 valence electrons. The fourth-order valence-electron chi connectivity index (χ4n) is 4.64. The molecule has 1 saturated heterocycles. The van der Waals surface area contributed by atoms with E-state index < -0.39 is 0 Å². The number of benzene rings is 2. The van der Waals surface area contributed by atoms with Gasteiger partial charge in [-0.2, -0.15) is 0 Å². The van der Waals surface area contributed by atoms with Crippen LogP contribution in [0, 0.1) is 0 Å². The summed E-state index contributed by atoms with van der Waals surface area (Å²) in [5.74, 6) is 1.06. The second kappa shape index (κ2) is 7.49. The zero-order chi connectivity index (χ0) is 18.1. The molecule has 0 radical (unpaired) electrons. The minimum Gasteiger partial charge on any atom is -0.492 e. The summed E-state index contributed by atoms with van der Waals surface area (Å²) in [6.07, 6.45) is 6.88. The Morgan fingerprint density at radius 1 is 0.889 bits per heavy atom. The Labute approximate surface area is 161 Å². The number of rotatable bonds is 2. The number of hydrogen-bond acceptors (Lipinski definition) is 3. The lowest BCUT2D eigenvalue weighted by Crippen LogP contribution is -2.40. The summed E-state index contributed by atoms with van der Waals surface area (Å²) in [6.45, 7) is 4.55. The SMILES string of the molecule is C1=C(c2ccc3c(c2)CN(C2CCOCC2)CCO3)CCc2ccccc21. The van der Waals surface area contributed by atoms with Crippen molar-refractivity contribution in [2.75, 3.05) is 26.4 Å². The fraction of sp³-hybridized carbons (Fsp3) is 0.417. The van der Waals surface area contributed by atoms with Gasteiger partial charge in [0.05, 0.1) is 0 Å². The van der Waals surface area contributed by atoms with E-state index in [1.807, 2.05) is 0 Å². The van der Waals surface area contributed by atoms with Crippen LogP contribution in [-0.2, 0) is 17.7 Å². The summed E-state index contributed by atoms with van der Waals surface area (Å²) < 4.78 is 11.6. The van der Waals surface area contributed by atoms with E-state index in [4.69, 9.17) is 9.47 Å². The first-order chi connectivity index (χ1) is 13.4. The van der Waals surface area contributed by atoms with Gasteiger partial charge in [0.15, 0.2) is 0 Å². The molecule has 27 heavy (non-hydrogen) atoms. The molecule has 3 nitrogen and oxygen atoms in total. The molecule has 3 heteroatoms. The molecule has 0 aromatic heterocycles. The fourth-order valence-corrected chi connectivity index (χ4v) is 4.64. The maximum atomic E-state index is 6.08. The third kappa shape index (κ3) is 3.54. The molecule has 2 aromatic rings. The lowest BCUT2D eigenvalue weighted by molar-refractivity contribution is 0.0294. The second-order valence-corrected chi connectivity index (χ2v) is 7.85. The topological polar surface area (TPSA) is 21.7 Å².